The monoisotopic (exact) mass is 296 g/mol. The summed E-state index contributed by atoms with van der Waals surface area (Å²) in [5, 5.41) is 13.2. The number of aromatic nitrogens is 6. The summed E-state index contributed by atoms with van der Waals surface area (Å²) in [6.07, 6.45) is 4.95. The number of fused-ring (bicyclic) bond motifs is 1. The molecule has 1 N–H and O–H groups in total. The molecule has 0 saturated carbocycles. The lowest BCUT2D eigenvalue weighted by molar-refractivity contribution is 0.813. The normalized spacial score (nSPS) is 11.0. The van der Waals surface area contributed by atoms with Crippen LogP contribution in [0.3, 0.4) is 0 Å². The van der Waals surface area contributed by atoms with Crippen LogP contribution in [0.1, 0.15) is 0 Å². The van der Waals surface area contributed by atoms with Crippen LogP contribution in [0.25, 0.3) is 27.4 Å². The average Bonchev–Trinajstić information content (AvgIpc) is 3.21. The van der Waals surface area contributed by atoms with E-state index in [1.165, 1.54) is 4.68 Å². The van der Waals surface area contributed by atoms with Crippen molar-refractivity contribution in [1.29, 1.82) is 0 Å². The Morgan fingerprint density at radius 3 is 3.00 bits per heavy atom. The lowest BCUT2D eigenvalue weighted by Crippen LogP contribution is -2.13. The van der Waals surface area contributed by atoms with Crippen molar-refractivity contribution in [3.05, 3.63) is 52.5 Å². The Bertz CT molecular complexity index is 958. The van der Waals surface area contributed by atoms with Gasteiger partial charge >= 0.3 is 0 Å². The van der Waals surface area contributed by atoms with Crippen LogP contribution < -0.4 is 5.56 Å². The summed E-state index contributed by atoms with van der Waals surface area (Å²) in [5.74, 6) is 0.348. The predicted octanol–water partition coefficient (Wildman–Crippen LogP) is 1.63. The van der Waals surface area contributed by atoms with Crippen LogP contribution in [0.5, 0.6) is 0 Å². The molecule has 0 bridgehead atoms. The van der Waals surface area contributed by atoms with Crippen LogP contribution in [-0.4, -0.2) is 29.9 Å². The van der Waals surface area contributed by atoms with Crippen molar-refractivity contribution in [3.8, 4) is 16.5 Å². The number of thiophene rings is 1. The molecule has 0 unspecified atom stereocenters. The van der Waals surface area contributed by atoms with E-state index in [9.17, 15) is 4.79 Å². The summed E-state index contributed by atoms with van der Waals surface area (Å²) in [4.78, 5) is 21.5. The number of nitrogens with one attached hydrogen (secondary N) is 1. The third-order valence-corrected chi connectivity index (χ3v) is 3.86. The van der Waals surface area contributed by atoms with Crippen LogP contribution in [0.4, 0.5) is 0 Å². The molecule has 4 aromatic rings. The maximum Gasteiger partial charge on any atom is 0.290 e. The summed E-state index contributed by atoms with van der Waals surface area (Å²) in [6, 6.07) is 5.63. The van der Waals surface area contributed by atoms with Crippen molar-refractivity contribution in [2.45, 2.75) is 0 Å². The third kappa shape index (κ3) is 1.93. The minimum absolute atomic E-state index is 0.300. The summed E-state index contributed by atoms with van der Waals surface area (Å²) >= 11 is 1.54. The van der Waals surface area contributed by atoms with Crippen molar-refractivity contribution >= 4 is 22.2 Å². The first kappa shape index (κ1) is 11.9. The van der Waals surface area contributed by atoms with Crippen molar-refractivity contribution in [2.24, 2.45) is 0 Å². The van der Waals surface area contributed by atoms with E-state index < -0.39 is 0 Å². The smallest absolute Gasteiger partial charge is 0.266 e. The highest BCUT2D eigenvalue weighted by molar-refractivity contribution is 7.13. The highest BCUT2D eigenvalue weighted by Gasteiger charge is 2.12. The van der Waals surface area contributed by atoms with Crippen molar-refractivity contribution < 1.29 is 0 Å². The molecule has 4 heterocycles. The molecular weight excluding hydrogens is 288 g/mol. The second-order valence-electron chi connectivity index (χ2n) is 4.26. The molecule has 0 spiro atoms. The second-order valence-corrected chi connectivity index (χ2v) is 5.21. The lowest BCUT2D eigenvalue weighted by Gasteiger charge is -2.04. The quantitative estimate of drug-likeness (QED) is 0.607. The molecule has 0 saturated heterocycles. The Morgan fingerprint density at radius 1 is 1.29 bits per heavy atom. The Morgan fingerprint density at radius 2 is 2.24 bits per heavy atom. The maximum absolute atomic E-state index is 12.0. The molecule has 0 atom stereocenters. The first-order valence-corrected chi connectivity index (χ1v) is 7.00. The standard InChI is InChI=1S/C13H8N6OS/c20-12-11-8(10(17-18-12)9-3-1-6-21-9)7-14-13(16-11)19-5-2-4-15-19/h1-7H,(H,18,20). The molecule has 21 heavy (non-hydrogen) atoms. The molecule has 0 aliphatic rings. The number of rotatable bonds is 2. The van der Waals surface area contributed by atoms with E-state index in [0.29, 0.717) is 22.5 Å². The minimum Gasteiger partial charge on any atom is -0.266 e. The summed E-state index contributed by atoms with van der Waals surface area (Å²) in [6.45, 7) is 0. The van der Waals surface area contributed by atoms with Gasteiger partial charge in [-0.2, -0.15) is 10.2 Å². The van der Waals surface area contributed by atoms with Crippen LogP contribution in [0.15, 0.2) is 47.0 Å². The van der Waals surface area contributed by atoms with E-state index in [4.69, 9.17) is 0 Å². The number of hydrogen-bond donors (Lipinski definition) is 1. The third-order valence-electron chi connectivity index (χ3n) is 2.98. The van der Waals surface area contributed by atoms with E-state index in [0.717, 1.165) is 4.88 Å². The lowest BCUT2D eigenvalue weighted by atomic mass is 10.2. The second kappa shape index (κ2) is 4.60. The molecule has 4 rings (SSSR count). The zero-order chi connectivity index (χ0) is 14.2. The molecule has 0 aliphatic carbocycles. The van der Waals surface area contributed by atoms with E-state index in [-0.39, 0.29) is 5.56 Å². The SMILES string of the molecule is O=c1[nH]nc(-c2cccs2)c2cnc(-n3cccn3)nc12. The Hall–Kier alpha value is -2.87. The van der Waals surface area contributed by atoms with E-state index in [2.05, 4.69) is 25.3 Å². The van der Waals surface area contributed by atoms with Crippen LogP contribution in [-0.2, 0) is 0 Å². The fraction of sp³-hybridized carbons (Fsp3) is 0. The maximum atomic E-state index is 12.0. The van der Waals surface area contributed by atoms with E-state index in [1.54, 1.807) is 36.0 Å². The summed E-state index contributed by atoms with van der Waals surface area (Å²) in [5.41, 5.74) is 0.627. The topological polar surface area (TPSA) is 89.4 Å². The van der Waals surface area contributed by atoms with Crippen molar-refractivity contribution in [3.63, 3.8) is 0 Å². The molecule has 7 nitrogen and oxygen atoms in total. The van der Waals surface area contributed by atoms with Gasteiger partial charge in [-0.1, -0.05) is 6.07 Å². The molecule has 0 aliphatic heterocycles. The summed E-state index contributed by atoms with van der Waals surface area (Å²) < 4.78 is 1.50. The van der Waals surface area contributed by atoms with Crippen LogP contribution in [0, 0.1) is 0 Å². The van der Waals surface area contributed by atoms with Gasteiger partial charge in [0.15, 0.2) is 0 Å². The number of hydrogen-bond acceptors (Lipinski definition) is 6. The predicted molar refractivity (Wildman–Crippen MR) is 78.4 cm³/mol. The van der Waals surface area contributed by atoms with Gasteiger partial charge in [-0.25, -0.2) is 19.7 Å². The zero-order valence-corrected chi connectivity index (χ0v) is 11.4. The van der Waals surface area contributed by atoms with E-state index >= 15 is 0 Å². The van der Waals surface area contributed by atoms with Gasteiger partial charge in [-0.15, -0.1) is 11.3 Å². The highest BCUT2D eigenvalue weighted by atomic mass is 32.1. The molecule has 102 valence electrons. The van der Waals surface area contributed by atoms with Gasteiger partial charge in [0, 0.05) is 18.6 Å². The first-order chi connectivity index (χ1) is 10.3. The zero-order valence-electron chi connectivity index (χ0n) is 10.6. The molecule has 0 radical (unpaired) electrons. The number of aromatic amines is 1. The highest BCUT2D eigenvalue weighted by Crippen LogP contribution is 2.27. The van der Waals surface area contributed by atoms with Gasteiger partial charge in [0.05, 0.1) is 10.3 Å². The molecule has 8 heteroatoms. The van der Waals surface area contributed by atoms with Gasteiger partial charge < -0.3 is 0 Å². The fourth-order valence-electron chi connectivity index (χ4n) is 2.04. The van der Waals surface area contributed by atoms with Gasteiger partial charge in [0.25, 0.3) is 11.5 Å². The van der Waals surface area contributed by atoms with E-state index in [1.807, 2.05) is 17.5 Å². The first-order valence-electron chi connectivity index (χ1n) is 6.12. The average molecular weight is 296 g/mol. The molecule has 0 aromatic carbocycles. The van der Waals surface area contributed by atoms with Crippen molar-refractivity contribution in [1.82, 2.24) is 29.9 Å². The molecule has 4 aromatic heterocycles. The minimum atomic E-state index is -0.346. The summed E-state index contributed by atoms with van der Waals surface area (Å²) in [7, 11) is 0. The fourth-order valence-corrected chi connectivity index (χ4v) is 2.77. The Labute approximate surface area is 121 Å². The van der Waals surface area contributed by atoms with Crippen LogP contribution in [0.2, 0.25) is 0 Å². The van der Waals surface area contributed by atoms with Gasteiger partial charge in [0.1, 0.15) is 11.2 Å². The van der Waals surface area contributed by atoms with Crippen molar-refractivity contribution in [2.75, 3.05) is 0 Å². The van der Waals surface area contributed by atoms with Gasteiger partial charge in [0.2, 0.25) is 0 Å². The molecule has 0 fully saturated rings. The number of H-pyrrole nitrogens is 1. The number of nitrogens with zero attached hydrogens (tertiary/aromatic N) is 5. The molecule has 0 amide bonds. The largest absolute Gasteiger partial charge is 0.290 e. The van der Waals surface area contributed by atoms with Gasteiger partial charge in [-0.3, -0.25) is 4.79 Å². The molecular formula is C13H8N6OS. The van der Waals surface area contributed by atoms with Gasteiger partial charge in [-0.05, 0) is 17.5 Å². The Balaban J connectivity index is 2.00. The van der Waals surface area contributed by atoms with Crippen LogP contribution >= 0.6 is 11.3 Å². The Kier molecular flexibility index (Phi) is 2.61.